The molecule has 0 fully saturated rings. The van der Waals surface area contributed by atoms with Crippen molar-refractivity contribution in [2.24, 2.45) is 0 Å². The second-order valence-corrected chi connectivity index (χ2v) is 5.30. The summed E-state index contributed by atoms with van der Waals surface area (Å²) < 4.78 is 77.5. The van der Waals surface area contributed by atoms with Crippen LogP contribution in [0.3, 0.4) is 0 Å². The normalized spacial score (nSPS) is 12.4. The van der Waals surface area contributed by atoms with Gasteiger partial charge in [0.2, 0.25) is 0 Å². The van der Waals surface area contributed by atoms with E-state index in [2.05, 4.69) is 10.3 Å². The molecule has 0 aliphatic carbocycles. The number of hydrogen-bond donors (Lipinski definition) is 1. The van der Waals surface area contributed by atoms with Gasteiger partial charge in [0, 0.05) is 17.3 Å². The Morgan fingerprint density at radius 2 is 1.36 bits per heavy atom. The number of hydrogen-bond acceptors (Lipinski definition) is 2. The standard InChI is InChI=1S/C17H10F6N2/c18-16(19,20)11-7-12(17(21,22)23)9-13(8-11)25-14-5-1-3-10-4-2-6-24-15(10)14/h1-9,25H. The highest BCUT2D eigenvalue weighted by molar-refractivity contribution is 5.92. The van der Waals surface area contributed by atoms with Crippen molar-refractivity contribution in [2.45, 2.75) is 12.4 Å². The Bertz CT molecular complexity index is 877. The van der Waals surface area contributed by atoms with Gasteiger partial charge in [0.05, 0.1) is 22.3 Å². The largest absolute Gasteiger partial charge is 0.416 e. The summed E-state index contributed by atoms with van der Waals surface area (Å²) in [5.74, 6) is 0. The lowest BCUT2D eigenvalue weighted by Gasteiger charge is -2.16. The van der Waals surface area contributed by atoms with Crippen molar-refractivity contribution >= 4 is 22.3 Å². The van der Waals surface area contributed by atoms with Gasteiger partial charge < -0.3 is 5.32 Å². The lowest BCUT2D eigenvalue weighted by molar-refractivity contribution is -0.143. The van der Waals surface area contributed by atoms with Crippen molar-refractivity contribution in [3.63, 3.8) is 0 Å². The molecule has 0 bridgehead atoms. The Morgan fingerprint density at radius 3 is 1.96 bits per heavy atom. The Morgan fingerprint density at radius 1 is 0.760 bits per heavy atom. The summed E-state index contributed by atoms with van der Waals surface area (Å²) in [5, 5.41) is 3.31. The number of fused-ring (bicyclic) bond motifs is 1. The van der Waals surface area contributed by atoms with Gasteiger partial charge in [-0.1, -0.05) is 18.2 Å². The molecule has 0 spiro atoms. The van der Waals surface area contributed by atoms with Crippen LogP contribution < -0.4 is 5.32 Å². The first-order chi connectivity index (χ1) is 11.6. The molecule has 3 aromatic rings. The van der Waals surface area contributed by atoms with Crippen LogP contribution in [0, 0.1) is 0 Å². The minimum absolute atomic E-state index is 0.0898. The van der Waals surface area contributed by atoms with Crippen LogP contribution in [0.25, 0.3) is 10.9 Å². The van der Waals surface area contributed by atoms with E-state index in [1.165, 1.54) is 12.3 Å². The SMILES string of the molecule is FC(F)(F)c1cc(Nc2cccc3cccnc23)cc(C(F)(F)F)c1. The number of anilines is 2. The first-order valence-corrected chi connectivity index (χ1v) is 7.05. The fourth-order valence-corrected chi connectivity index (χ4v) is 2.39. The van der Waals surface area contributed by atoms with E-state index in [9.17, 15) is 26.3 Å². The Balaban J connectivity index is 2.10. The highest BCUT2D eigenvalue weighted by Gasteiger charge is 2.37. The van der Waals surface area contributed by atoms with Crippen LogP contribution in [0.1, 0.15) is 11.1 Å². The van der Waals surface area contributed by atoms with Gasteiger partial charge in [0.1, 0.15) is 0 Å². The lowest BCUT2D eigenvalue weighted by atomic mass is 10.1. The highest BCUT2D eigenvalue weighted by Crippen LogP contribution is 2.38. The number of halogens is 6. The van der Waals surface area contributed by atoms with E-state index in [1.54, 1.807) is 24.3 Å². The summed E-state index contributed by atoms with van der Waals surface area (Å²) in [4.78, 5) is 4.11. The molecule has 1 aromatic heterocycles. The van der Waals surface area contributed by atoms with Crippen LogP contribution in [-0.2, 0) is 12.4 Å². The zero-order valence-corrected chi connectivity index (χ0v) is 12.4. The molecule has 0 amide bonds. The van der Waals surface area contributed by atoms with Crippen LogP contribution in [0.2, 0.25) is 0 Å². The quantitative estimate of drug-likeness (QED) is 0.568. The van der Waals surface area contributed by atoms with Crippen molar-refractivity contribution in [3.8, 4) is 0 Å². The number of aromatic nitrogens is 1. The van der Waals surface area contributed by atoms with Gasteiger partial charge in [-0.25, -0.2) is 0 Å². The molecule has 1 heterocycles. The summed E-state index contributed by atoms with van der Waals surface area (Å²) >= 11 is 0. The van der Waals surface area contributed by atoms with E-state index in [0.717, 1.165) is 0 Å². The maximum absolute atomic E-state index is 12.9. The van der Waals surface area contributed by atoms with Gasteiger partial charge in [-0.2, -0.15) is 26.3 Å². The van der Waals surface area contributed by atoms with Crippen molar-refractivity contribution < 1.29 is 26.3 Å². The molecule has 2 nitrogen and oxygen atoms in total. The zero-order valence-electron chi connectivity index (χ0n) is 12.4. The highest BCUT2D eigenvalue weighted by atomic mass is 19.4. The van der Waals surface area contributed by atoms with Crippen LogP contribution in [0.15, 0.2) is 54.7 Å². The molecular weight excluding hydrogens is 346 g/mol. The maximum atomic E-state index is 12.9. The number of rotatable bonds is 2. The third kappa shape index (κ3) is 3.67. The van der Waals surface area contributed by atoms with Gasteiger partial charge in [-0.3, -0.25) is 4.98 Å². The lowest BCUT2D eigenvalue weighted by Crippen LogP contribution is -2.11. The molecule has 2 aromatic carbocycles. The van der Waals surface area contributed by atoms with E-state index in [1.807, 2.05) is 0 Å². The Hall–Kier alpha value is -2.77. The minimum atomic E-state index is -4.89. The summed E-state index contributed by atoms with van der Waals surface area (Å²) in [5.41, 5.74) is -2.32. The van der Waals surface area contributed by atoms with Crippen LogP contribution in [0.5, 0.6) is 0 Å². The zero-order chi connectivity index (χ0) is 18.2. The number of pyridine rings is 1. The number of benzene rings is 2. The van der Waals surface area contributed by atoms with Gasteiger partial charge >= 0.3 is 12.4 Å². The van der Waals surface area contributed by atoms with E-state index in [-0.39, 0.29) is 11.8 Å². The van der Waals surface area contributed by atoms with E-state index in [4.69, 9.17) is 0 Å². The third-order valence-corrected chi connectivity index (χ3v) is 3.50. The molecule has 3 rings (SSSR count). The first kappa shape index (κ1) is 17.1. The molecule has 0 saturated heterocycles. The Kier molecular flexibility index (Phi) is 4.06. The molecule has 0 aliphatic rings. The second-order valence-electron chi connectivity index (χ2n) is 5.30. The summed E-state index contributed by atoms with van der Waals surface area (Å²) in [6.07, 6.45) is -8.30. The first-order valence-electron chi connectivity index (χ1n) is 7.05. The summed E-state index contributed by atoms with van der Waals surface area (Å²) in [6.45, 7) is 0. The molecule has 25 heavy (non-hydrogen) atoms. The number of alkyl halides is 6. The fourth-order valence-electron chi connectivity index (χ4n) is 2.39. The van der Waals surface area contributed by atoms with E-state index >= 15 is 0 Å². The van der Waals surface area contributed by atoms with Gasteiger partial charge in [-0.15, -0.1) is 0 Å². The van der Waals surface area contributed by atoms with Crippen molar-refractivity contribution in [1.82, 2.24) is 4.98 Å². The average Bonchev–Trinajstić information content (AvgIpc) is 2.53. The fraction of sp³-hybridized carbons (Fsp3) is 0.118. The van der Waals surface area contributed by atoms with Gasteiger partial charge in [-0.05, 0) is 30.3 Å². The Labute approximate surface area is 138 Å². The molecule has 8 heteroatoms. The van der Waals surface area contributed by atoms with Gasteiger partial charge in [0.25, 0.3) is 0 Å². The molecule has 0 radical (unpaired) electrons. The smallest absolute Gasteiger partial charge is 0.354 e. The van der Waals surface area contributed by atoms with Crippen LogP contribution in [-0.4, -0.2) is 4.98 Å². The minimum Gasteiger partial charge on any atom is -0.354 e. The molecule has 1 N–H and O–H groups in total. The summed E-state index contributed by atoms with van der Waals surface area (Å²) in [6, 6.07) is 9.67. The van der Waals surface area contributed by atoms with Crippen molar-refractivity contribution in [2.75, 3.05) is 5.32 Å². The number of para-hydroxylation sites is 1. The predicted molar refractivity (Wildman–Crippen MR) is 81.5 cm³/mol. The maximum Gasteiger partial charge on any atom is 0.416 e. The van der Waals surface area contributed by atoms with E-state index in [0.29, 0.717) is 28.7 Å². The molecular formula is C17H10F6N2. The number of nitrogens with zero attached hydrogens (tertiary/aromatic N) is 1. The molecule has 0 aliphatic heterocycles. The van der Waals surface area contributed by atoms with Crippen LogP contribution in [0.4, 0.5) is 37.7 Å². The third-order valence-electron chi connectivity index (χ3n) is 3.50. The van der Waals surface area contributed by atoms with Crippen molar-refractivity contribution in [3.05, 3.63) is 65.9 Å². The second kappa shape index (κ2) is 5.94. The van der Waals surface area contributed by atoms with Crippen LogP contribution >= 0.6 is 0 Å². The molecule has 0 unspecified atom stereocenters. The van der Waals surface area contributed by atoms with Gasteiger partial charge in [0.15, 0.2) is 0 Å². The molecule has 0 atom stereocenters. The molecule has 0 saturated carbocycles. The molecule has 130 valence electrons. The van der Waals surface area contributed by atoms with E-state index < -0.39 is 23.5 Å². The summed E-state index contributed by atoms with van der Waals surface area (Å²) in [7, 11) is 0. The predicted octanol–water partition coefficient (Wildman–Crippen LogP) is 6.02. The average molecular weight is 356 g/mol. The topological polar surface area (TPSA) is 24.9 Å². The monoisotopic (exact) mass is 356 g/mol. The van der Waals surface area contributed by atoms with Crippen molar-refractivity contribution in [1.29, 1.82) is 0 Å². The number of nitrogens with one attached hydrogen (secondary N) is 1.